The normalized spacial score (nSPS) is 13.5. The summed E-state index contributed by atoms with van der Waals surface area (Å²) in [7, 11) is 0. The molecule has 0 radical (unpaired) electrons. The van der Waals surface area contributed by atoms with Gasteiger partial charge in [0.2, 0.25) is 5.91 Å². The Kier molecular flexibility index (Phi) is 6.92. The van der Waals surface area contributed by atoms with Crippen molar-refractivity contribution in [1.82, 2.24) is 0 Å². The molecule has 0 bridgehead atoms. The molecule has 7 heteroatoms. The van der Waals surface area contributed by atoms with E-state index < -0.39 is 0 Å². The average Bonchev–Trinajstić information content (AvgIpc) is 2.81. The largest absolute Gasteiger partial charge is 0.455 e. The highest BCUT2D eigenvalue weighted by Crippen LogP contribution is 2.32. The summed E-state index contributed by atoms with van der Waals surface area (Å²) < 4.78 is 11.3. The number of morpholine rings is 1. The van der Waals surface area contributed by atoms with Crippen LogP contribution < -0.4 is 20.3 Å². The Labute approximate surface area is 186 Å². The molecule has 0 aliphatic carbocycles. The van der Waals surface area contributed by atoms with Gasteiger partial charge in [-0.3, -0.25) is 4.79 Å². The third-order valence-corrected chi connectivity index (χ3v) is 5.11. The van der Waals surface area contributed by atoms with Gasteiger partial charge in [-0.2, -0.15) is 0 Å². The second-order valence-electron chi connectivity index (χ2n) is 7.10. The van der Waals surface area contributed by atoms with Gasteiger partial charge in [0, 0.05) is 29.5 Å². The number of hydrogen-bond acceptors (Lipinski definition) is 5. The monoisotopic (exact) mass is 437 g/mol. The molecule has 6 nitrogen and oxygen atoms in total. The van der Waals surface area contributed by atoms with Crippen molar-refractivity contribution in [2.75, 3.05) is 48.4 Å². The second-order valence-corrected chi connectivity index (χ2v) is 7.54. The zero-order chi connectivity index (χ0) is 21.5. The number of benzene rings is 3. The van der Waals surface area contributed by atoms with Crippen molar-refractivity contribution in [2.24, 2.45) is 0 Å². The number of carbonyl (C=O) groups is 1. The molecular formula is C24H24ClN3O3. The first kappa shape index (κ1) is 21.0. The number of rotatable bonds is 7. The molecule has 1 saturated heterocycles. The molecule has 1 amide bonds. The highest BCUT2D eigenvalue weighted by Gasteiger charge is 2.12. The zero-order valence-corrected chi connectivity index (χ0v) is 17.8. The van der Waals surface area contributed by atoms with Crippen LogP contribution in [0.2, 0.25) is 5.02 Å². The van der Waals surface area contributed by atoms with Gasteiger partial charge in [-0.05, 0) is 54.6 Å². The molecule has 0 aromatic heterocycles. The van der Waals surface area contributed by atoms with E-state index in [1.54, 1.807) is 18.2 Å². The number of halogens is 1. The zero-order valence-electron chi connectivity index (χ0n) is 17.0. The number of para-hydroxylation sites is 1. The lowest BCUT2D eigenvalue weighted by atomic mass is 10.2. The first-order valence-corrected chi connectivity index (χ1v) is 10.5. The van der Waals surface area contributed by atoms with Gasteiger partial charge in [0.25, 0.3) is 0 Å². The van der Waals surface area contributed by atoms with Gasteiger partial charge in [-0.1, -0.05) is 29.8 Å². The number of hydrogen-bond donors (Lipinski definition) is 2. The summed E-state index contributed by atoms with van der Waals surface area (Å²) in [5.74, 6) is 1.14. The van der Waals surface area contributed by atoms with Crippen LogP contribution in [0.5, 0.6) is 11.5 Å². The molecule has 3 aromatic carbocycles. The van der Waals surface area contributed by atoms with E-state index in [1.165, 1.54) is 0 Å². The molecule has 4 rings (SSSR count). The lowest BCUT2D eigenvalue weighted by Gasteiger charge is -2.28. The van der Waals surface area contributed by atoms with Gasteiger partial charge in [0.05, 0.1) is 25.4 Å². The van der Waals surface area contributed by atoms with Gasteiger partial charge in [-0.15, -0.1) is 0 Å². The lowest BCUT2D eigenvalue weighted by Crippen LogP contribution is -2.36. The predicted molar refractivity (Wildman–Crippen MR) is 125 cm³/mol. The van der Waals surface area contributed by atoms with E-state index >= 15 is 0 Å². The Hall–Kier alpha value is -3.22. The Morgan fingerprint density at radius 1 is 1.00 bits per heavy atom. The van der Waals surface area contributed by atoms with E-state index in [2.05, 4.69) is 15.5 Å². The van der Waals surface area contributed by atoms with Crippen molar-refractivity contribution in [3.8, 4) is 11.5 Å². The number of nitrogens with one attached hydrogen (secondary N) is 2. The van der Waals surface area contributed by atoms with Gasteiger partial charge >= 0.3 is 0 Å². The number of carbonyl (C=O) groups excluding carboxylic acids is 1. The lowest BCUT2D eigenvalue weighted by molar-refractivity contribution is -0.114. The fourth-order valence-electron chi connectivity index (χ4n) is 3.30. The van der Waals surface area contributed by atoms with Crippen molar-refractivity contribution in [2.45, 2.75) is 0 Å². The molecule has 1 fully saturated rings. The number of nitrogens with zero attached hydrogens (tertiary/aromatic N) is 1. The maximum absolute atomic E-state index is 12.5. The van der Waals surface area contributed by atoms with E-state index in [4.69, 9.17) is 21.1 Å². The summed E-state index contributed by atoms with van der Waals surface area (Å²) >= 11 is 6.14. The van der Waals surface area contributed by atoms with Crippen LogP contribution in [0.3, 0.4) is 0 Å². The van der Waals surface area contributed by atoms with Crippen molar-refractivity contribution < 1.29 is 14.3 Å². The Morgan fingerprint density at radius 2 is 1.74 bits per heavy atom. The first-order chi connectivity index (χ1) is 15.2. The van der Waals surface area contributed by atoms with Crippen LogP contribution in [0.1, 0.15) is 0 Å². The van der Waals surface area contributed by atoms with Crippen LogP contribution in [-0.4, -0.2) is 38.8 Å². The minimum atomic E-state index is -0.162. The second kappa shape index (κ2) is 10.2. The minimum absolute atomic E-state index is 0.0801. The summed E-state index contributed by atoms with van der Waals surface area (Å²) in [5.41, 5.74) is 2.52. The molecule has 1 heterocycles. The summed E-state index contributed by atoms with van der Waals surface area (Å²) in [5, 5.41) is 6.58. The summed E-state index contributed by atoms with van der Waals surface area (Å²) in [6.45, 7) is 3.31. The highest BCUT2D eigenvalue weighted by atomic mass is 35.5. The van der Waals surface area contributed by atoms with E-state index in [0.717, 1.165) is 37.7 Å². The molecule has 2 N–H and O–H groups in total. The quantitative estimate of drug-likeness (QED) is 0.543. The van der Waals surface area contributed by atoms with Gasteiger partial charge in [0.15, 0.2) is 5.75 Å². The number of amides is 1. The molecule has 0 atom stereocenters. The third kappa shape index (κ3) is 5.90. The Morgan fingerprint density at radius 3 is 2.48 bits per heavy atom. The summed E-state index contributed by atoms with van der Waals surface area (Å²) in [6.07, 6.45) is 0. The number of ether oxygens (including phenoxy) is 2. The first-order valence-electron chi connectivity index (χ1n) is 10.2. The van der Waals surface area contributed by atoms with E-state index in [0.29, 0.717) is 22.2 Å². The molecule has 0 unspecified atom stereocenters. The summed E-state index contributed by atoms with van der Waals surface area (Å²) in [6, 6.07) is 22.6. The van der Waals surface area contributed by atoms with Crippen LogP contribution in [0, 0.1) is 0 Å². The van der Waals surface area contributed by atoms with Gasteiger partial charge < -0.3 is 25.0 Å². The molecule has 160 valence electrons. The Bertz CT molecular complexity index is 1010. The predicted octanol–water partition coefficient (Wildman–Crippen LogP) is 5.02. The molecule has 31 heavy (non-hydrogen) atoms. The van der Waals surface area contributed by atoms with Crippen LogP contribution in [-0.2, 0) is 9.53 Å². The van der Waals surface area contributed by atoms with E-state index in [-0.39, 0.29) is 12.5 Å². The summed E-state index contributed by atoms with van der Waals surface area (Å²) in [4.78, 5) is 14.7. The SMILES string of the molecule is O=C(CNc1cc(Cl)ccc1Oc1ccccc1)Nc1ccc(N2CCOCC2)cc1. The standard InChI is InChI=1S/C24H24ClN3O3/c25-18-6-11-23(31-21-4-2-1-3-5-21)22(16-18)26-17-24(29)27-19-7-9-20(10-8-19)28-12-14-30-15-13-28/h1-11,16,26H,12-15,17H2,(H,27,29). The highest BCUT2D eigenvalue weighted by molar-refractivity contribution is 6.31. The van der Waals surface area contributed by atoms with E-state index in [1.807, 2.05) is 54.6 Å². The van der Waals surface area contributed by atoms with Crippen LogP contribution in [0.15, 0.2) is 72.8 Å². The maximum atomic E-state index is 12.5. The van der Waals surface area contributed by atoms with Gasteiger partial charge in [0.1, 0.15) is 5.75 Å². The van der Waals surface area contributed by atoms with Crippen molar-refractivity contribution in [3.05, 3.63) is 77.8 Å². The van der Waals surface area contributed by atoms with E-state index in [9.17, 15) is 4.79 Å². The van der Waals surface area contributed by atoms with Crippen LogP contribution in [0.25, 0.3) is 0 Å². The van der Waals surface area contributed by atoms with Crippen molar-refractivity contribution in [3.63, 3.8) is 0 Å². The Balaban J connectivity index is 1.35. The molecule has 0 spiro atoms. The van der Waals surface area contributed by atoms with Gasteiger partial charge in [-0.25, -0.2) is 0 Å². The average molecular weight is 438 g/mol. The fraction of sp³-hybridized carbons (Fsp3) is 0.208. The molecule has 1 aliphatic heterocycles. The van der Waals surface area contributed by atoms with Crippen LogP contribution >= 0.6 is 11.6 Å². The smallest absolute Gasteiger partial charge is 0.243 e. The fourth-order valence-corrected chi connectivity index (χ4v) is 3.47. The third-order valence-electron chi connectivity index (χ3n) is 4.88. The molecular weight excluding hydrogens is 414 g/mol. The number of anilines is 3. The maximum Gasteiger partial charge on any atom is 0.243 e. The minimum Gasteiger partial charge on any atom is -0.455 e. The van der Waals surface area contributed by atoms with Crippen molar-refractivity contribution >= 4 is 34.6 Å². The van der Waals surface area contributed by atoms with Crippen LogP contribution in [0.4, 0.5) is 17.1 Å². The topological polar surface area (TPSA) is 62.8 Å². The molecule has 1 aliphatic rings. The molecule has 0 saturated carbocycles. The van der Waals surface area contributed by atoms with Crippen molar-refractivity contribution in [1.29, 1.82) is 0 Å². The molecule has 3 aromatic rings.